The normalized spacial score (nSPS) is 38.7. The van der Waals surface area contributed by atoms with Crippen molar-refractivity contribution >= 4 is 19.2 Å². The van der Waals surface area contributed by atoms with Crippen molar-refractivity contribution < 1.29 is 14.3 Å². The first-order valence-electron chi connectivity index (χ1n) is 6.61. The summed E-state index contributed by atoms with van der Waals surface area (Å²) in [5.74, 6) is -0.0963. The molecule has 1 aliphatic carbocycles. The first-order chi connectivity index (χ1) is 8.05. The molecule has 0 aromatic carbocycles. The minimum atomic E-state index is -0.429. The maximum absolute atomic E-state index is 11.8. The van der Waals surface area contributed by atoms with Crippen LogP contribution in [0.2, 0.25) is 12.6 Å². The molecule has 93 valence electrons. The van der Waals surface area contributed by atoms with Gasteiger partial charge < -0.3 is 4.74 Å². The summed E-state index contributed by atoms with van der Waals surface area (Å²) in [5, 5.41) is 0. The van der Waals surface area contributed by atoms with Crippen LogP contribution in [-0.4, -0.2) is 19.2 Å². The molecule has 3 nitrogen and oxygen atoms in total. The minimum absolute atomic E-state index is 0.0711. The van der Waals surface area contributed by atoms with Crippen LogP contribution in [0, 0.1) is 11.3 Å². The Morgan fingerprint density at radius 2 is 2.06 bits per heavy atom. The Morgan fingerprint density at radius 1 is 1.29 bits per heavy atom. The number of fused-ring (bicyclic) bond motifs is 2. The van der Waals surface area contributed by atoms with Crippen LogP contribution in [0.5, 0.6) is 0 Å². The predicted molar refractivity (Wildman–Crippen MR) is 65.8 cm³/mol. The number of ether oxygens (including phenoxy) is 1. The van der Waals surface area contributed by atoms with E-state index < -0.39 is 5.41 Å². The largest absolute Gasteiger partial charge is 0.393 e. The maximum Gasteiger partial charge on any atom is 0.319 e. The number of carbonyl (C=O) groups is 2. The van der Waals surface area contributed by atoms with Gasteiger partial charge in [0.05, 0.1) is 11.3 Å². The summed E-state index contributed by atoms with van der Waals surface area (Å²) in [6.07, 6.45) is 5.60. The van der Waals surface area contributed by atoms with E-state index in [-0.39, 0.29) is 17.9 Å². The Morgan fingerprint density at radius 3 is 2.76 bits per heavy atom. The highest BCUT2D eigenvalue weighted by Gasteiger charge is 2.45. The van der Waals surface area contributed by atoms with Crippen molar-refractivity contribution in [1.82, 2.24) is 0 Å². The molecule has 0 spiro atoms. The first kappa shape index (κ1) is 12.7. The Bertz CT molecular complexity index is 329. The van der Waals surface area contributed by atoms with Gasteiger partial charge in [-0.05, 0) is 26.2 Å². The third-order valence-electron chi connectivity index (χ3n) is 4.38. The number of hydrogen-bond acceptors (Lipinski definition) is 3. The molecule has 3 unspecified atom stereocenters. The van der Waals surface area contributed by atoms with Crippen LogP contribution >= 0.6 is 0 Å². The van der Waals surface area contributed by atoms with Crippen LogP contribution in [-0.2, 0) is 14.3 Å². The van der Waals surface area contributed by atoms with Gasteiger partial charge in [-0.1, -0.05) is 31.9 Å². The quantitative estimate of drug-likeness (QED) is 0.398. The zero-order valence-electron chi connectivity index (χ0n) is 10.7. The zero-order chi connectivity index (χ0) is 12.5. The molecule has 0 amide bonds. The minimum Gasteiger partial charge on any atom is -0.393 e. The van der Waals surface area contributed by atoms with Gasteiger partial charge in [0.2, 0.25) is 0 Å². The second-order valence-corrected chi connectivity index (χ2v) is 5.73. The summed E-state index contributed by atoms with van der Waals surface area (Å²) in [6.45, 7) is 4.03. The van der Waals surface area contributed by atoms with Gasteiger partial charge in [-0.15, -0.1) is 0 Å². The van der Waals surface area contributed by atoms with E-state index >= 15 is 0 Å². The van der Waals surface area contributed by atoms with Gasteiger partial charge in [0.1, 0.15) is 7.28 Å². The number of rotatable bonds is 1. The van der Waals surface area contributed by atoms with Gasteiger partial charge in [0.25, 0.3) is 0 Å². The number of hydrogen-bond donors (Lipinski definition) is 0. The van der Waals surface area contributed by atoms with Crippen molar-refractivity contribution in [3.63, 3.8) is 0 Å². The van der Waals surface area contributed by atoms with Crippen molar-refractivity contribution in [1.29, 1.82) is 0 Å². The summed E-state index contributed by atoms with van der Waals surface area (Å²) in [5.41, 5.74) is -0.429. The van der Waals surface area contributed by atoms with Crippen molar-refractivity contribution in [2.24, 2.45) is 11.3 Å². The van der Waals surface area contributed by atoms with Gasteiger partial charge in [-0.25, -0.2) is 0 Å². The van der Waals surface area contributed by atoms with Crippen molar-refractivity contribution in [3.8, 4) is 0 Å². The second kappa shape index (κ2) is 4.83. The lowest BCUT2D eigenvalue weighted by atomic mass is 9.62. The summed E-state index contributed by atoms with van der Waals surface area (Å²) < 4.78 is 4.93. The molecule has 2 bridgehead atoms. The average Bonchev–Trinajstić information content (AvgIpc) is 2.36. The monoisotopic (exact) mass is 235 g/mol. The van der Waals surface area contributed by atoms with Crippen LogP contribution in [0.3, 0.4) is 0 Å². The molecule has 0 N–H and O–H groups in total. The smallest absolute Gasteiger partial charge is 0.319 e. The van der Waals surface area contributed by atoms with E-state index in [4.69, 9.17) is 4.74 Å². The molecule has 1 radical (unpaired) electrons. The third kappa shape index (κ3) is 2.56. The van der Waals surface area contributed by atoms with Crippen molar-refractivity contribution in [2.45, 2.75) is 58.1 Å². The molecule has 2 aliphatic rings. The fourth-order valence-electron chi connectivity index (χ4n) is 3.08. The van der Waals surface area contributed by atoms with E-state index in [1.807, 2.05) is 6.92 Å². The standard InChI is InChI=1S/C13H20BO3/c1-13-7-3-4-10(14-2)6-5-9(8-13)11(15)17-12(13)16/h9-10H,3-8H2,1-2H3. The second-order valence-electron chi connectivity index (χ2n) is 5.73. The van der Waals surface area contributed by atoms with Crippen LogP contribution in [0.1, 0.15) is 45.4 Å². The number of esters is 2. The van der Waals surface area contributed by atoms with Crippen LogP contribution < -0.4 is 0 Å². The fraction of sp³-hybridized carbons (Fsp3) is 0.846. The molecule has 1 heterocycles. The molecule has 0 aromatic rings. The lowest BCUT2D eigenvalue weighted by molar-refractivity contribution is -0.178. The predicted octanol–water partition coefficient (Wildman–Crippen LogP) is 2.59. The number of cyclic esters (lactones) is 2. The molecule has 2 fully saturated rings. The summed E-state index contributed by atoms with van der Waals surface area (Å²) in [7, 11) is 2.23. The fourth-order valence-corrected chi connectivity index (χ4v) is 3.08. The Kier molecular flexibility index (Phi) is 3.60. The summed E-state index contributed by atoms with van der Waals surface area (Å²) >= 11 is 0. The molecule has 3 atom stereocenters. The Hall–Kier alpha value is -0.795. The van der Waals surface area contributed by atoms with Gasteiger partial charge in [0.15, 0.2) is 0 Å². The van der Waals surface area contributed by atoms with Gasteiger partial charge in [-0.2, -0.15) is 0 Å². The topological polar surface area (TPSA) is 43.4 Å². The molecule has 17 heavy (non-hydrogen) atoms. The average molecular weight is 235 g/mol. The lowest BCUT2D eigenvalue weighted by Crippen LogP contribution is -2.42. The highest BCUT2D eigenvalue weighted by Crippen LogP contribution is 2.42. The molecular formula is C13H20BO3. The van der Waals surface area contributed by atoms with Gasteiger partial charge >= 0.3 is 11.9 Å². The van der Waals surface area contributed by atoms with Crippen LogP contribution in [0.4, 0.5) is 0 Å². The molecule has 1 aliphatic heterocycles. The molecule has 0 aromatic heterocycles. The van der Waals surface area contributed by atoms with E-state index in [2.05, 4.69) is 14.1 Å². The maximum atomic E-state index is 11.8. The molecule has 4 heteroatoms. The third-order valence-corrected chi connectivity index (χ3v) is 4.38. The lowest BCUT2D eigenvalue weighted by Gasteiger charge is -2.34. The van der Waals surface area contributed by atoms with E-state index in [0.717, 1.165) is 32.1 Å². The van der Waals surface area contributed by atoms with Crippen LogP contribution in [0.25, 0.3) is 0 Å². The van der Waals surface area contributed by atoms with E-state index in [0.29, 0.717) is 12.2 Å². The summed E-state index contributed by atoms with van der Waals surface area (Å²) in [6, 6.07) is 0. The Labute approximate surface area is 104 Å². The molecule has 2 rings (SSSR count). The molecule has 1 saturated carbocycles. The highest BCUT2D eigenvalue weighted by atomic mass is 16.6. The van der Waals surface area contributed by atoms with E-state index in [9.17, 15) is 9.59 Å². The van der Waals surface area contributed by atoms with Crippen molar-refractivity contribution in [2.75, 3.05) is 0 Å². The van der Waals surface area contributed by atoms with Gasteiger partial charge in [0, 0.05) is 0 Å². The zero-order valence-corrected chi connectivity index (χ0v) is 10.7. The van der Waals surface area contributed by atoms with E-state index in [1.165, 1.54) is 0 Å². The molecular weight excluding hydrogens is 215 g/mol. The van der Waals surface area contributed by atoms with E-state index in [1.54, 1.807) is 0 Å². The SMILES string of the molecule is C[B]C1CCCC2(C)CC(CC1)C(=O)OC2=O. The van der Waals surface area contributed by atoms with Gasteiger partial charge in [-0.3, -0.25) is 9.59 Å². The van der Waals surface area contributed by atoms with Crippen LogP contribution in [0.15, 0.2) is 0 Å². The number of carbonyl (C=O) groups excluding carboxylic acids is 2. The first-order valence-corrected chi connectivity index (χ1v) is 6.61. The van der Waals surface area contributed by atoms with Crippen molar-refractivity contribution in [3.05, 3.63) is 0 Å². The Balaban J connectivity index is 2.16. The molecule has 1 saturated heterocycles. The highest BCUT2D eigenvalue weighted by molar-refractivity contribution is 6.35. The summed E-state index contributed by atoms with van der Waals surface area (Å²) in [4.78, 5) is 23.5.